The molecule has 0 fully saturated rings. The first-order chi connectivity index (χ1) is 8.78. The predicted octanol–water partition coefficient (Wildman–Crippen LogP) is -0.850. The van der Waals surface area contributed by atoms with E-state index in [0.29, 0.717) is 39.4 Å². The first kappa shape index (κ1) is 17.0. The summed E-state index contributed by atoms with van der Waals surface area (Å²) in [6.45, 7) is 2.92. The van der Waals surface area contributed by atoms with Crippen LogP contribution in [0.4, 0.5) is 0 Å². The number of aliphatic hydroxyl groups excluding tert-OH is 2. The minimum Gasteiger partial charge on any atom is -0.394 e. The van der Waals surface area contributed by atoms with Crippen molar-refractivity contribution in [1.29, 1.82) is 0 Å². The Bertz CT molecular complexity index is 186. The van der Waals surface area contributed by atoms with Crippen LogP contribution in [0.3, 0.4) is 0 Å². The van der Waals surface area contributed by atoms with Crippen molar-refractivity contribution in [3.05, 3.63) is 0 Å². The van der Waals surface area contributed by atoms with Crippen LogP contribution in [0.5, 0.6) is 0 Å². The van der Waals surface area contributed by atoms with Gasteiger partial charge < -0.3 is 19.7 Å². The van der Waals surface area contributed by atoms with Gasteiger partial charge in [-0.05, 0) is 0 Å². The lowest BCUT2D eigenvalue weighted by Crippen LogP contribution is -2.28. The number of hydrogen-bond donors (Lipinski definition) is 2. The van der Waals surface area contributed by atoms with E-state index in [0.717, 1.165) is 0 Å². The average Bonchev–Trinajstić information content (AvgIpc) is 2.38. The van der Waals surface area contributed by atoms with Crippen molar-refractivity contribution in [2.45, 2.75) is 0 Å². The molecule has 0 bridgehead atoms. The molecule has 0 aliphatic rings. The molecule has 0 aromatic heterocycles. The van der Waals surface area contributed by atoms with Gasteiger partial charge in [-0.15, -0.1) is 0 Å². The van der Waals surface area contributed by atoms with Crippen molar-refractivity contribution >= 4 is 0 Å². The first-order valence-electron chi connectivity index (χ1n) is 5.89. The second kappa shape index (κ2) is 12.5. The molecule has 0 unspecified atom stereocenters. The Hall–Kier alpha value is -0.960. The van der Waals surface area contributed by atoms with Crippen LogP contribution in [0, 0.1) is 0 Å². The van der Waals surface area contributed by atoms with Crippen molar-refractivity contribution in [2.24, 2.45) is 10.4 Å². The Morgan fingerprint density at radius 3 is 1.44 bits per heavy atom. The fourth-order valence-corrected chi connectivity index (χ4v) is 1.14. The molecule has 0 aliphatic carbocycles. The first-order valence-corrected chi connectivity index (χ1v) is 5.89. The van der Waals surface area contributed by atoms with E-state index in [4.69, 9.17) is 19.7 Å². The Labute approximate surface area is 108 Å². The lowest BCUT2D eigenvalue weighted by molar-refractivity contribution is 0.0969. The van der Waals surface area contributed by atoms with E-state index in [9.17, 15) is 0 Å². The summed E-state index contributed by atoms with van der Waals surface area (Å²) in [5.41, 5.74) is 0. The number of nitrogens with zero attached hydrogens (tertiary/aromatic N) is 4. The molecule has 108 valence electrons. The van der Waals surface area contributed by atoms with Crippen molar-refractivity contribution < 1.29 is 19.7 Å². The molecule has 0 saturated heterocycles. The SMILES string of the molecule is COCCN(CCO)/N=N/N(CCO)CCOC. The molecule has 0 atom stereocenters. The molecular weight excluding hydrogens is 240 g/mol. The summed E-state index contributed by atoms with van der Waals surface area (Å²) < 4.78 is 9.88. The highest BCUT2D eigenvalue weighted by Gasteiger charge is 2.03. The van der Waals surface area contributed by atoms with Gasteiger partial charge in [0.25, 0.3) is 0 Å². The molecule has 18 heavy (non-hydrogen) atoms. The van der Waals surface area contributed by atoms with Crippen LogP contribution >= 0.6 is 0 Å². The molecule has 0 rings (SSSR count). The van der Waals surface area contributed by atoms with Gasteiger partial charge in [0.05, 0.1) is 52.6 Å². The lowest BCUT2D eigenvalue weighted by Gasteiger charge is -2.19. The van der Waals surface area contributed by atoms with Gasteiger partial charge in [0.15, 0.2) is 0 Å². The van der Waals surface area contributed by atoms with Gasteiger partial charge in [-0.1, -0.05) is 10.4 Å². The van der Waals surface area contributed by atoms with Crippen molar-refractivity contribution in [3.63, 3.8) is 0 Å². The molecule has 0 spiro atoms. The summed E-state index contributed by atoms with van der Waals surface area (Å²) in [5, 5.41) is 29.0. The normalized spacial score (nSPS) is 11.1. The van der Waals surface area contributed by atoms with Crippen LogP contribution in [-0.2, 0) is 9.47 Å². The van der Waals surface area contributed by atoms with Crippen LogP contribution in [0.1, 0.15) is 0 Å². The second-order valence-electron chi connectivity index (χ2n) is 3.52. The minimum absolute atomic E-state index is 0.000799. The van der Waals surface area contributed by atoms with E-state index in [1.807, 2.05) is 0 Å². The summed E-state index contributed by atoms with van der Waals surface area (Å²) in [6, 6.07) is 0. The van der Waals surface area contributed by atoms with E-state index in [1.165, 1.54) is 0 Å². The number of aliphatic hydroxyl groups is 2. The molecule has 0 aliphatic heterocycles. The Balaban J connectivity index is 4.19. The smallest absolute Gasteiger partial charge is 0.0655 e. The highest BCUT2D eigenvalue weighted by molar-refractivity contribution is 4.51. The van der Waals surface area contributed by atoms with Crippen molar-refractivity contribution in [3.8, 4) is 0 Å². The molecule has 0 saturated carbocycles. The van der Waals surface area contributed by atoms with Gasteiger partial charge >= 0.3 is 0 Å². The molecule has 2 N–H and O–H groups in total. The zero-order valence-electron chi connectivity index (χ0n) is 11.2. The Kier molecular flexibility index (Phi) is 11.8. The molecule has 8 nitrogen and oxygen atoms in total. The third-order valence-corrected chi connectivity index (χ3v) is 2.12. The Morgan fingerprint density at radius 2 is 1.17 bits per heavy atom. The van der Waals surface area contributed by atoms with Gasteiger partial charge in [0, 0.05) is 14.2 Å². The molecule has 0 radical (unpaired) electrons. The van der Waals surface area contributed by atoms with Crippen LogP contribution in [0.15, 0.2) is 10.4 Å². The zero-order valence-corrected chi connectivity index (χ0v) is 11.2. The van der Waals surface area contributed by atoms with Crippen LogP contribution in [0.25, 0.3) is 0 Å². The quantitative estimate of drug-likeness (QED) is 0.352. The van der Waals surface area contributed by atoms with E-state index >= 15 is 0 Å². The number of ether oxygens (including phenoxy) is 2. The van der Waals surface area contributed by atoms with E-state index < -0.39 is 0 Å². The second-order valence-corrected chi connectivity index (χ2v) is 3.52. The highest BCUT2D eigenvalue weighted by atomic mass is 16.5. The molecule has 8 heteroatoms. The van der Waals surface area contributed by atoms with Gasteiger partial charge in [0.1, 0.15) is 0 Å². The molecule has 0 aromatic carbocycles. The fourth-order valence-electron chi connectivity index (χ4n) is 1.14. The number of rotatable bonds is 12. The lowest BCUT2D eigenvalue weighted by atomic mass is 10.6. The minimum atomic E-state index is 0.000799. The largest absolute Gasteiger partial charge is 0.394 e. The summed E-state index contributed by atoms with van der Waals surface area (Å²) in [6.07, 6.45) is 0. The summed E-state index contributed by atoms with van der Waals surface area (Å²) >= 11 is 0. The standard InChI is InChI=1S/C10H24N4O4/c1-17-9-5-13(3-7-15)11-12-14(4-8-16)6-10-18-2/h15-16H,3-10H2,1-2H3/b12-11+. The monoisotopic (exact) mass is 264 g/mol. The Morgan fingerprint density at radius 1 is 0.778 bits per heavy atom. The summed E-state index contributed by atoms with van der Waals surface area (Å²) in [5.74, 6) is 0. The van der Waals surface area contributed by atoms with Crippen molar-refractivity contribution in [2.75, 3.05) is 66.8 Å². The van der Waals surface area contributed by atoms with Crippen molar-refractivity contribution in [1.82, 2.24) is 10.0 Å². The topological polar surface area (TPSA) is 90.1 Å². The molecule has 0 amide bonds. The average molecular weight is 264 g/mol. The maximum Gasteiger partial charge on any atom is 0.0655 e. The zero-order chi connectivity index (χ0) is 13.6. The maximum absolute atomic E-state index is 8.89. The molecular formula is C10H24N4O4. The highest BCUT2D eigenvalue weighted by Crippen LogP contribution is 1.96. The van der Waals surface area contributed by atoms with Crippen LogP contribution in [-0.4, -0.2) is 87.1 Å². The molecule has 0 heterocycles. The number of hydrogen-bond acceptors (Lipinski definition) is 6. The summed E-state index contributed by atoms with van der Waals surface area (Å²) in [4.78, 5) is 0. The predicted molar refractivity (Wildman–Crippen MR) is 65.9 cm³/mol. The van der Waals surface area contributed by atoms with Crippen LogP contribution < -0.4 is 0 Å². The maximum atomic E-state index is 8.89. The number of methoxy groups -OCH3 is 2. The molecule has 0 aromatic rings. The van der Waals surface area contributed by atoms with Gasteiger partial charge in [0.2, 0.25) is 0 Å². The van der Waals surface area contributed by atoms with Crippen LogP contribution in [0.2, 0.25) is 0 Å². The fraction of sp³-hybridized carbons (Fsp3) is 1.00. The van der Waals surface area contributed by atoms with E-state index in [-0.39, 0.29) is 13.2 Å². The van der Waals surface area contributed by atoms with E-state index in [1.54, 1.807) is 24.2 Å². The van der Waals surface area contributed by atoms with Gasteiger partial charge in [-0.2, -0.15) is 0 Å². The van der Waals surface area contributed by atoms with Gasteiger partial charge in [-0.25, -0.2) is 0 Å². The van der Waals surface area contributed by atoms with E-state index in [2.05, 4.69) is 10.4 Å². The third kappa shape index (κ3) is 9.11. The summed E-state index contributed by atoms with van der Waals surface area (Å²) in [7, 11) is 3.20. The third-order valence-electron chi connectivity index (χ3n) is 2.12. The van der Waals surface area contributed by atoms with Gasteiger partial charge in [-0.3, -0.25) is 10.0 Å².